The number of nitrogens with zero attached hydrogens (tertiary/aromatic N) is 2. The molecule has 6 heteroatoms. The Morgan fingerprint density at radius 3 is 2.75 bits per heavy atom. The highest BCUT2D eigenvalue weighted by molar-refractivity contribution is 9.10. The Hall–Kier alpha value is -1.50. The van der Waals surface area contributed by atoms with Crippen LogP contribution in [0, 0.1) is 6.92 Å². The van der Waals surface area contributed by atoms with Crippen LogP contribution in [-0.2, 0) is 6.42 Å². The van der Waals surface area contributed by atoms with E-state index in [4.69, 9.17) is 10.6 Å². The Kier molecular flexibility index (Phi) is 5.05. The van der Waals surface area contributed by atoms with Gasteiger partial charge in [0, 0.05) is 10.7 Å². The fourth-order valence-corrected chi connectivity index (χ4v) is 2.29. The van der Waals surface area contributed by atoms with Crippen molar-refractivity contribution < 1.29 is 4.74 Å². The van der Waals surface area contributed by atoms with E-state index in [-0.39, 0.29) is 6.04 Å². The van der Waals surface area contributed by atoms with E-state index in [1.807, 2.05) is 25.1 Å². The molecule has 1 aromatic carbocycles. The molecular formula is C14H17BrN4O. The molecule has 3 N–H and O–H groups in total. The molecule has 0 spiro atoms. The van der Waals surface area contributed by atoms with E-state index in [1.165, 1.54) is 0 Å². The monoisotopic (exact) mass is 336 g/mol. The molecule has 1 aromatic heterocycles. The normalized spacial score (nSPS) is 12.2. The third-order valence-corrected chi connectivity index (χ3v) is 3.81. The number of nitrogens with two attached hydrogens (primary N) is 1. The molecule has 2 rings (SSSR count). The number of aromatic nitrogens is 2. The first-order chi connectivity index (χ1) is 9.63. The highest BCUT2D eigenvalue weighted by Gasteiger charge is 2.14. The fourth-order valence-electron chi connectivity index (χ4n) is 1.89. The van der Waals surface area contributed by atoms with Crippen molar-refractivity contribution in [2.75, 3.05) is 7.11 Å². The molecule has 106 valence electrons. The Morgan fingerprint density at radius 1 is 1.35 bits per heavy atom. The van der Waals surface area contributed by atoms with Crippen LogP contribution >= 0.6 is 15.9 Å². The van der Waals surface area contributed by atoms with Gasteiger partial charge in [-0.05, 0) is 37.1 Å². The Bertz CT molecular complexity index is 574. The summed E-state index contributed by atoms with van der Waals surface area (Å²) < 4.78 is 6.26. The predicted octanol–water partition coefficient (Wildman–Crippen LogP) is 2.30. The SMILES string of the molecule is COc1ccc(Br)c(CC(NN)c2cnc(C)cn2)c1. The van der Waals surface area contributed by atoms with Crippen LogP contribution in [0.2, 0.25) is 0 Å². The van der Waals surface area contributed by atoms with Crippen LogP contribution in [0.3, 0.4) is 0 Å². The van der Waals surface area contributed by atoms with Gasteiger partial charge in [-0.3, -0.25) is 21.2 Å². The van der Waals surface area contributed by atoms with Crippen molar-refractivity contribution in [1.82, 2.24) is 15.4 Å². The number of halogens is 1. The largest absolute Gasteiger partial charge is 0.497 e. The smallest absolute Gasteiger partial charge is 0.119 e. The molecule has 0 saturated heterocycles. The van der Waals surface area contributed by atoms with Gasteiger partial charge in [0.05, 0.1) is 30.7 Å². The van der Waals surface area contributed by atoms with E-state index in [0.29, 0.717) is 6.42 Å². The van der Waals surface area contributed by atoms with Crippen molar-refractivity contribution in [2.45, 2.75) is 19.4 Å². The second-order valence-electron chi connectivity index (χ2n) is 4.46. The number of hydrogen-bond donors (Lipinski definition) is 2. The maximum absolute atomic E-state index is 5.65. The number of benzene rings is 1. The third kappa shape index (κ3) is 3.53. The highest BCUT2D eigenvalue weighted by atomic mass is 79.9. The molecule has 0 bridgehead atoms. The first-order valence-electron chi connectivity index (χ1n) is 6.21. The quantitative estimate of drug-likeness (QED) is 0.647. The summed E-state index contributed by atoms with van der Waals surface area (Å²) >= 11 is 3.54. The summed E-state index contributed by atoms with van der Waals surface area (Å²) in [5, 5.41) is 0. The lowest BCUT2D eigenvalue weighted by Crippen LogP contribution is -2.30. The average Bonchev–Trinajstić information content (AvgIpc) is 2.47. The molecule has 0 aliphatic heterocycles. The van der Waals surface area contributed by atoms with Crippen molar-refractivity contribution >= 4 is 15.9 Å². The highest BCUT2D eigenvalue weighted by Crippen LogP contribution is 2.26. The van der Waals surface area contributed by atoms with Crippen molar-refractivity contribution in [3.63, 3.8) is 0 Å². The zero-order valence-electron chi connectivity index (χ0n) is 11.4. The lowest BCUT2D eigenvalue weighted by atomic mass is 10.0. The molecule has 1 atom stereocenters. The van der Waals surface area contributed by atoms with Crippen molar-refractivity contribution in [3.05, 3.63) is 52.0 Å². The van der Waals surface area contributed by atoms with Crippen LogP contribution < -0.4 is 16.0 Å². The van der Waals surface area contributed by atoms with Gasteiger partial charge in [-0.15, -0.1) is 0 Å². The average molecular weight is 337 g/mol. The van der Waals surface area contributed by atoms with Crippen molar-refractivity contribution in [1.29, 1.82) is 0 Å². The van der Waals surface area contributed by atoms with Gasteiger partial charge >= 0.3 is 0 Å². The summed E-state index contributed by atoms with van der Waals surface area (Å²) in [5.74, 6) is 6.46. The zero-order chi connectivity index (χ0) is 14.5. The number of hydrogen-bond acceptors (Lipinski definition) is 5. The number of ether oxygens (including phenoxy) is 1. The molecule has 0 amide bonds. The number of methoxy groups -OCH3 is 1. The molecule has 1 unspecified atom stereocenters. The number of rotatable bonds is 5. The van der Waals surface area contributed by atoms with Crippen molar-refractivity contribution in [2.24, 2.45) is 5.84 Å². The van der Waals surface area contributed by atoms with E-state index < -0.39 is 0 Å². The van der Waals surface area contributed by atoms with Crippen LogP contribution in [0.25, 0.3) is 0 Å². The number of nitrogens with one attached hydrogen (secondary N) is 1. The summed E-state index contributed by atoms with van der Waals surface area (Å²) in [6.45, 7) is 1.90. The Labute approximate surface area is 126 Å². The topological polar surface area (TPSA) is 73.1 Å². The minimum Gasteiger partial charge on any atom is -0.497 e. The number of hydrazine groups is 1. The standard InChI is InChI=1S/C14H17BrN4O/c1-9-7-18-14(8-17-9)13(19-16)6-10-5-11(20-2)3-4-12(10)15/h3-5,7-8,13,19H,6,16H2,1-2H3. The molecule has 1 heterocycles. The van der Waals surface area contributed by atoms with E-state index in [0.717, 1.165) is 27.2 Å². The zero-order valence-corrected chi connectivity index (χ0v) is 13.0. The Balaban J connectivity index is 2.23. The van der Waals surface area contributed by atoms with Gasteiger partial charge in [0.2, 0.25) is 0 Å². The van der Waals surface area contributed by atoms with Crippen molar-refractivity contribution in [3.8, 4) is 5.75 Å². The summed E-state index contributed by atoms with van der Waals surface area (Å²) in [7, 11) is 1.65. The molecule has 0 fully saturated rings. The molecule has 0 radical (unpaired) electrons. The molecule has 2 aromatic rings. The summed E-state index contributed by atoms with van der Waals surface area (Å²) in [5.41, 5.74) is 5.57. The van der Waals surface area contributed by atoms with E-state index >= 15 is 0 Å². The van der Waals surface area contributed by atoms with Gasteiger partial charge in [-0.25, -0.2) is 0 Å². The van der Waals surface area contributed by atoms with Crippen LogP contribution in [0.1, 0.15) is 23.0 Å². The maximum atomic E-state index is 5.65. The summed E-state index contributed by atoms with van der Waals surface area (Å²) in [6.07, 6.45) is 4.17. The van der Waals surface area contributed by atoms with Crippen LogP contribution in [0.5, 0.6) is 5.75 Å². The second-order valence-corrected chi connectivity index (χ2v) is 5.32. The lowest BCUT2D eigenvalue weighted by Gasteiger charge is -2.16. The van der Waals surface area contributed by atoms with Gasteiger partial charge in [-0.1, -0.05) is 15.9 Å². The van der Waals surface area contributed by atoms with Gasteiger partial charge in [0.25, 0.3) is 0 Å². The van der Waals surface area contributed by atoms with Gasteiger partial charge in [0.15, 0.2) is 0 Å². The molecule has 20 heavy (non-hydrogen) atoms. The van der Waals surface area contributed by atoms with Gasteiger partial charge < -0.3 is 4.74 Å². The maximum Gasteiger partial charge on any atom is 0.119 e. The van der Waals surface area contributed by atoms with Gasteiger partial charge in [0.1, 0.15) is 5.75 Å². The lowest BCUT2D eigenvalue weighted by molar-refractivity contribution is 0.413. The van der Waals surface area contributed by atoms with Crippen LogP contribution in [0.4, 0.5) is 0 Å². The Morgan fingerprint density at radius 2 is 2.15 bits per heavy atom. The summed E-state index contributed by atoms with van der Waals surface area (Å²) in [4.78, 5) is 8.62. The second kappa shape index (κ2) is 6.78. The predicted molar refractivity (Wildman–Crippen MR) is 81.2 cm³/mol. The molecular weight excluding hydrogens is 320 g/mol. The molecule has 0 saturated carbocycles. The minimum absolute atomic E-state index is 0.105. The first kappa shape index (κ1) is 14.9. The molecule has 5 nitrogen and oxygen atoms in total. The van der Waals surface area contributed by atoms with E-state index in [9.17, 15) is 0 Å². The van der Waals surface area contributed by atoms with E-state index in [1.54, 1.807) is 19.5 Å². The fraction of sp³-hybridized carbons (Fsp3) is 0.286. The van der Waals surface area contributed by atoms with E-state index in [2.05, 4.69) is 31.3 Å². The number of aryl methyl sites for hydroxylation is 1. The van der Waals surface area contributed by atoms with Gasteiger partial charge in [-0.2, -0.15) is 0 Å². The summed E-state index contributed by atoms with van der Waals surface area (Å²) in [6, 6.07) is 5.74. The molecule has 0 aliphatic rings. The molecule has 0 aliphatic carbocycles. The van der Waals surface area contributed by atoms with Crippen LogP contribution in [-0.4, -0.2) is 17.1 Å². The third-order valence-electron chi connectivity index (χ3n) is 3.04. The first-order valence-corrected chi connectivity index (χ1v) is 7.00. The minimum atomic E-state index is -0.105. The van der Waals surface area contributed by atoms with Crippen LogP contribution in [0.15, 0.2) is 35.1 Å².